The predicted molar refractivity (Wildman–Crippen MR) is 211 cm³/mol. The number of likely N-dealkylation sites (tertiary alicyclic amines) is 1. The third-order valence-electron chi connectivity index (χ3n) is 13.2. The molecular weight excluding hydrogens is 697 g/mol. The third-order valence-corrected chi connectivity index (χ3v) is 17.7. The molecular formula is C44H58N2O7Si. The number of fused-ring (bicyclic) bond motifs is 4. The number of Topliss-reactive ketones (excluding diaryl/α,β-unsaturated/α-hetero) is 2. The Morgan fingerprint density at radius 2 is 1.80 bits per heavy atom. The van der Waals surface area contributed by atoms with E-state index in [4.69, 9.17) is 18.4 Å². The van der Waals surface area contributed by atoms with Crippen LogP contribution in [0.3, 0.4) is 0 Å². The van der Waals surface area contributed by atoms with Crippen LogP contribution in [0.15, 0.2) is 52.3 Å². The summed E-state index contributed by atoms with van der Waals surface area (Å²) in [7, 11) is -1.13. The molecule has 7 rings (SSSR count). The second-order valence-electron chi connectivity index (χ2n) is 17.9. The maximum Gasteiger partial charge on any atom is 0.265 e. The van der Waals surface area contributed by atoms with Gasteiger partial charge in [-0.15, -0.1) is 0 Å². The van der Waals surface area contributed by atoms with Crippen molar-refractivity contribution in [1.29, 1.82) is 0 Å². The summed E-state index contributed by atoms with van der Waals surface area (Å²) in [6, 6.07) is 11.8. The molecule has 0 radical (unpaired) electrons. The lowest BCUT2D eigenvalue weighted by molar-refractivity contribution is -0.0336. The van der Waals surface area contributed by atoms with Crippen molar-refractivity contribution in [3.05, 3.63) is 86.9 Å². The summed E-state index contributed by atoms with van der Waals surface area (Å²) in [6.45, 7) is 20.3. The first-order chi connectivity index (χ1) is 25.6. The monoisotopic (exact) mass is 754 g/mol. The summed E-state index contributed by atoms with van der Waals surface area (Å²) in [4.78, 5) is 33.1. The molecule has 4 aliphatic rings. The topological polar surface area (TPSA) is 111 Å². The van der Waals surface area contributed by atoms with E-state index in [0.29, 0.717) is 35.5 Å². The average molecular weight is 755 g/mol. The number of rotatable bonds is 11. The second kappa shape index (κ2) is 14.4. The Bertz CT molecular complexity index is 1950. The molecule has 2 aromatic carbocycles. The molecule has 3 aliphatic carbocycles. The molecule has 2 heterocycles. The van der Waals surface area contributed by atoms with Crippen LogP contribution in [0.4, 0.5) is 0 Å². The van der Waals surface area contributed by atoms with Crippen molar-refractivity contribution in [3.63, 3.8) is 0 Å². The number of carbonyl (C=O) groups excluding carboxylic acids is 2. The SMILES string of the molecule is COc1cc(CCCN2CCCC2)c(C)c2c1C[C@H]1C[C@H]3[C@H](C(C)C)c4onc(OCc5ccccc5)c4C(=O)[C@@]3(O[Si](C)(C)C(C)(C)C)C(O)=C1C2=O. The number of benzene rings is 2. The highest BCUT2D eigenvalue weighted by molar-refractivity contribution is 6.74. The van der Waals surface area contributed by atoms with Crippen LogP contribution < -0.4 is 9.47 Å². The minimum Gasteiger partial charge on any atom is -0.508 e. The minimum absolute atomic E-state index is 0.0139. The van der Waals surface area contributed by atoms with E-state index < -0.39 is 25.6 Å². The maximum atomic E-state index is 15.5. The summed E-state index contributed by atoms with van der Waals surface area (Å²) in [5, 5.41) is 17.0. The molecule has 9 nitrogen and oxygen atoms in total. The Hall–Kier alpha value is -3.73. The summed E-state index contributed by atoms with van der Waals surface area (Å²) in [5.41, 5.74) is 3.07. The number of ketones is 2. The Kier molecular flexibility index (Phi) is 10.3. The zero-order valence-corrected chi connectivity index (χ0v) is 34.6. The van der Waals surface area contributed by atoms with Gasteiger partial charge in [-0.25, -0.2) is 0 Å². The van der Waals surface area contributed by atoms with E-state index in [-0.39, 0.29) is 52.4 Å². The summed E-state index contributed by atoms with van der Waals surface area (Å²) < 4.78 is 25.6. The number of hydrogen-bond acceptors (Lipinski definition) is 9. The number of nitrogens with zero attached hydrogens (tertiary/aromatic N) is 2. The Morgan fingerprint density at radius 1 is 1.09 bits per heavy atom. The highest BCUT2D eigenvalue weighted by Gasteiger charge is 2.67. The Balaban J connectivity index is 1.37. The lowest BCUT2D eigenvalue weighted by Crippen LogP contribution is -2.64. The van der Waals surface area contributed by atoms with Crippen molar-refractivity contribution in [1.82, 2.24) is 10.1 Å². The molecule has 1 N–H and O–H groups in total. The fourth-order valence-corrected chi connectivity index (χ4v) is 10.9. The lowest BCUT2D eigenvalue weighted by atomic mass is 9.55. The Morgan fingerprint density at radius 3 is 2.44 bits per heavy atom. The second-order valence-corrected chi connectivity index (χ2v) is 22.6. The number of aromatic nitrogens is 1. The first-order valence-corrected chi connectivity index (χ1v) is 22.8. The van der Waals surface area contributed by atoms with Gasteiger partial charge < -0.3 is 28.4 Å². The zero-order valence-electron chi connectivity index (χ0n) is 33.6. The van der Waals surface area contributed by atoms with E-state index in [1.165, 1.54) is 12.8 Å². The summed E-state index contributed by atoms with van der Waals surface area (Å²) in [6.07, 6.45) is 5.28. The predicted octanol–water partition coefficient (Wildman–Crippen LogP) is 9.18. The van der Waals surface area contributed by atoms with Gasteiger partial charge in [0.05, 0.1) is 7.11 Å². The van der Waals surface area contributed by atoms with Crippen LogP contribution in [0.1, 0.15) is 115 Å². The Labute approximate surface area is 321 Å². The first kappa shape index (κ1) is 38.5. The number of hydrogen-bond donors (Lipinski definition) is 1. The van der Waals surface area contributed by atoms with Crippen LogP contribution in [0.2, 0.25) is 18.1 Å². The fourth-order valence-electron chi connectivity index (χ4n) is 9.42. The van der Waals surface area contributed by atoms with Gasteiger partial charge in [0.1, 0.15) is 23.7 Å². The van der Waals surface area contributed by atoms with Crippen LogP contribution in [-0.2, 0) is 23.9 Å². The van der Waals surface area contributed by atoms with Gasteiger partial charge in [0.15, 0.2) is 25.5 Å². The minimum atomic E-state index is -2.80. The number of aliphatic hydroxyl groups is 1. The van der Waals surface area contributed by atoms with Gasteiger partial charge in [-0.3, -0.25) is 9.59 Å². The molecule has 1 saturated heterocycles. The van der Waals surface area contributed by atoms with Crippen LogP contribution in [0.25, 0.3) is 0 Å². The van der Waals surface area contributed by atoms with Crippen LogP contribution >= 0.6 is 0 Å². The fraction of sp³-hybridized carbons (Fsp3) is 0.568. The van der Waals surface area contributed by atoms with Crippen molar-refractivity contribution in [2.45, 2.75) is 116 Å². The molecule has 3 aromatic rings. The van der Waals surface area contributed by atoms with E-state index in [0.717, 1.165) is 54.7 Å². The molecule has 0 amide bonds. The molecule has 10 heteroatoms. The molecule has 4 atom stereocenters. The molecule has 0 spiro atoms. The van der Waals surface area contributed by atoms with Gasteiger partial charge in [0.2, 0.25) is 5.78 Å². The lowest BCUT2D eigenvalue weighted by Gasteiger charge is -2.55. The molecule has 1 fully saturated rings. The zero-order chi connectivity index (χ0) is 38.7. The van der Waals surface area contributed by atoms with E-state index in [2.05, 4.69) is 63.8 Å². The van der Waals surface area contributed by atoms with Gasteiger partial charge in [-0.2, -0.15) is 0 Å². The van der Waals surface area contributed by atoms with Gasteiger partial charge in [0.25, 0.3) is 5.88 Å². The molecule has 290 valence electrons. The molecule has 0 unspecified atom stereocenters. The van der Waals surface area contributed by atoms with Gasteiger partial charge in [-0.05, 0) is 123 Å². The number of carbonyl (C=O) groups is 2. The van der Waals surface area contributed by atoms with Crippen molar-refractivity contribution < 1.29 is 33.1 Å². The number of ether oxygens (including phenoxy) is 2. The average Bonchev–Trinajstić information content (AvgIpc) is 3.79. The van der Waals surface area contributed by atoms with E-state index >= 15 is 9.59 Å². The number of aryl methyl sites for hydroxylation is 1. The molecule has 1 aliphatic heterocycles. The highest BCUT2D eigenvalue weighted by atomic mass is 28.4. The smallest absolute Gasteiger partial charge is 0.265 e. The van der Waals surface area contributed by atoms with E-state index in [9.17, 15) is 5.11 Å². The third kappa shape index (κ3) is 6.35. The number of allylic oxidation sites excluding steroid dienone is 1. The quantitative estimate of drug-likeness (QED) is 0.192. The van der Waals surface area contributed by atoms with E-state index in [1.807, 2.05) is 37.3 Å². The molecule has 1 aromatic heterocycles. The van der Waals surface area contributed by atoms with Gasteiger partial charge in [0, 0.05) is 28.5 Å². The highest BCUT2D eigenvalue weighted by Crippen LogP contribution is 2.61. The van der Waals surface area contributed by atoms with Crippen LogP contribution in [-0.4, -0.2) is 67.4 Å². The molecule has 0 bridgehead atoms. The van der Waals surface area contributed by atoms with Crippen LogP contribution in [0.5, 0.6) is 11.6 Å². The maximum absolute atomic E-state index is 15.5. The molecule has 54 heavy (non-hydrogen) atoms. The van der Waals surface area contributed by atoms with Crippen LogP contribution in [0, 0.1) is 24.7 Å². The van der Waals surface area contributed by atoms with Gasteiger partial charge >= 0.3 is 0 Å². The number of aliphatic hydroxyl groups excluding tert-OH is 1. The van der Waals surface area contributed by atoms with E-state index in [1.54, 1.807) is 7.11 Å². The first-order valence-electron chi connectivity index (χ1n) is 19.9. The van der Waals surface area contributed by atoms with Crippen molar-refractivity contribution in [3.8, 4) is 11.6 Å². The van der Waals surface area contributed by atoms with Gasteiger partial charge in [-0.1, -0.05) is 65.0 Å². The largest absolute Gasteiger partial charge is 0.508 e. The summed E-state index contributed by atoms with van der Waals surface area (Å²) >= 11 is 0. The van der Waals surface area contributed by atoms with Crippen molar-refractivity contribution >= 4 is 19.9 Å². The normalized spacial score (nSPS) is 24.4. The molecule has 0 saturated carbocycles. The summed E-state index contributed by atoms with van der Waals surface area (Å²) in [5.74, 6) is -0.882. The number of methoxy groups -OCH3 is 1. The standard InChI is InChI=1S/C44H58N2O7Si/c1-26(2)34-32-23-30-22-31-33(50-7)24-29(18-15-21-46-19-13-14-20-46)27(3)35(31)38(47)36(30)40(48)44(32,53-54(8,9)43(4,5)6)41(49)37-39(34)52-45-42(37)51-25-28-16-11-10-12-17-28/h10-12,16-17,24,26,30,32,34,48H,13-15,18-23,25H2,1-9H3/t30-,32-,34-,44-/m0/s1. The van der Waals surface area contributed by atoms with Crippen molar-refractivity contribution in [2.75, 3.05) is 26.7 Å². The van der Waals surface area contributed by atoms with Crippen molar-refractivity contribution in [2.24, 2.45) is 17.8 Å².